The van der Waals surface area contributed by atoms with E-state index in [4.69, 9.17) is 0 Å². The fourth-order valence-electron chi connectivity index (χ4n) is 3.39. The predicted octanol–water partition coefficient (Wildman–Crippen LogP) is 2.87. The molecule has 0 aromatic carbocycles. The van der Waals surface area contributed by atoms with Crippen molar-refractivity contribution in [1.82, 2.24) is 20.5 Å². The van der Waals surface area contributed by atoms with Gasteiger partial charge in [-0.3, -0.25) is 4.90 Å². The van der Waals surface area contributed by atoms with Gasteiger partial charge in [0, 0.05) is 27.2 Å². The first kappa shape index (κ1) is 23.3. The van der Waals surface area contributed by atoms with Crippen LogP contribution in [-0.2, 0) is 6.54 Å². The Morgan fingerprint density at radius 1 is 1.24 bits per heavy atom. The van der Waals surface area contributed by atoms with Crippen LogP contribution in [0, 0.1) is 5.92 Å². The van der Waals surface area contributed by atoms with Crippen LogP contribution in [0.5, 0.6) is 0 Å². The third-order valence-electron chi connectivity index (χ3n) is 4.95. The van der Waals surface area contributed by atoms with Gasteiger partial charge in [-0.15, -0.1) is 0 Å². The minimum atomic E-state index is -4.10. The number of piperidine rings is 1. The number of aromatic nitrogens is 1. The van der Waals surface area contributed by atoms with Gasteiger partial charge in [0.05, 0.1) is 18.8 Å². The van der Waals surface area contributed by atoms with E-state index in [0.717, 1.165) is 49.8 Å². The number of guanidine groups is 1. The molecule has 1 aromatic heterocycles. The average molecular weight is 415 g/mol. The zero-order chi connectivity index (χ0) is 21.3. The Kier molecular flexibility index (Phi) is 9.00. The molecule has 0 amide bonds. The maximum Gasteiger partial charge on any atom is 0.401 e. The van der Waals surface area contributed by atoms with Gasteiger partial charge in [0.1, 0.15) is 5.82 Å². The Labute approximate surface area is 171 Å². The van der Waals surface area contributed by atoms with Gasteiger partial charge in [-0.25, -0.2) is 9.98 Å². The summed E-state index contributed by atoms with van der Waals surface area (Å²) in [7, 11) is 3.91. The number of rotatable bonds is 8. The van der Waals surface area contributed by atoms with Crippen molar-refractivity contribution in [2.24, 2.45) is 10.9 Å². The number of likely N-dealkylation sites (tertiary alicyclic amines) is 1. The first-order valence-corrected chi connectivity index (χ1v) is 10.2. The highest BCUT2D eigenvalue weighted by molar-refractivity contribution is 5.79. The van der Waals surface area contributed by atoms with E-state index in [1.165, 1.54) is 4.90 Å². The number of aliphatic imine (C=N–C) groups is 1. The minimum Gasteiger partial charge on any atom is -0.363 e. The van der Waals surface area contributed by atoms with Crippen molar-refractivity contribution in [2.75, 3.05) is 51.7 Å². The summed E-state index contributed by atoms with van der Waals surface area (Å²) in [4.78, 5) is 12.6. The SMILES string of the molecule is CCNC(=NCc1cccc(N(C)C)n1)NCCC1CCN(CC(F)(F)F)CC1. The van der Waals surface area contributed by atoms with Crippen molar-refractivity contribution in [2.45, 2.75) is 38.9 Å². The smallest absolute Gasteiger partial charge is 0.363 e. The normalized spacial score (nSPS) is 16.7. The summed E-state index contributed by atoms with van der Waals surface area (Å²) < 4.78 is 37.4. The molecule has 0 bridgehead atoms. The lowest BCUT2D eigenvalue weighted by molar-refractivity contribution is -0.148. The minimum absolute atomic E-state index is 0.452. The van der Waals surface area contributed by atoms with E-state index in [0.29, 0.717) is 25.6 Å². The molecule has 6 nitrogen and oxygen atoms in total. The molecule has 0 atom stereocenters. The van der Waals surface area contributed by atoms with Gasteiger partial charge in [0.2, 0.25) is 0 Å². The Morgan fingerprint density at radius 2 is 1.97 bits per heavy atom. The molecule has 1 saturated heterocycles. The maximum absolute atomic E-state index is 12.5. The molecule has 9 heteroatoms. The number of pyridine rings is 1. The second kappa shape index (κ2) is 11.2. The van der Waals surface area contributed by atoms with Gasteiger partial charge >= 0.3 is 6.18 Å². The van der Waals surface area contributed by atoms with Gasteiger partial charge < -0.3 is 15.5 Å². The van der Waals surface area contributed by atoms with Crippen molar-refractivity contribution in [3.63, 3.8) is 0 Å². The highest BCUT2D eigenvalue weighted by Gasteiger charge is 2.32. The van der Waals surface area contributed by atoms with Crippen LogP contribution < -0.4 is 15.5 Å². The standard InChI is InChI=1S/C20H33F3N6/c1-4-24-19(26-14-17-6-5-7-18(27-17)28(2)3)25-11-8-16-9-12-29(13-10-16)15-20(21,22)23/h5-7,16H,4,8-15H2,1-3H3,(H2,24,25,26). The first-order chi connectivity index (χ1) is 13.8. The lowest BCUT2D eigenvalue weighted by atomic mass is 9.93. The number of halogens is 3. The highest BCUT2D eigenvalue weighted by Crippen LogP contribution is 2.23. The van der Waals surface area contributed by atoms with E-state index in [-0.39, 0.29) is 0 Å². The van der Waals surface area contributed by atoms with Crippen LogP contribution in [0.1, 0.15) is 31.9 Å². The van der Waals surface area contributed by atoms with Crippen molar-refractivity contribution in [3.05, 3.63) is 23.9 Å². The van der Waals surface area contributed by atoms with Gasteiger partial charge in [-0.05, 0) is 57.3 Å². The molecular formula is C20H33F3N6. The van der Waals surface area contributed by atoms with E-state index in [9.17, 15) is 13.2 Å². The first-order valence-electron chi connectivity index (χ1n) is 10.2. The third-order valence-corrected chi connectivity index (χ3v) is 4.95. The summed E-state index contributed by atoms with van der Waals surface area (Å²) in [5.74, 6) is 2.08. The molecule has 0 spiro atoms. The fraction of sp³-hybridized carbons (Fsp3) is 0.700. The molecule has 164 valence electrons. The van der Waals surface area contributed by atoms with Crippen molar-refractivity contribution in [3.8, 4) is 0 Å². The second-order valence-electron chi connectivity index (χ2n) is 7.63. The molecular weight excluding hydrogens is 381 g/mol. The maximum atomic E-state index is 12.5. The molecule has 0 unspecified atom stereocenters. The molecule has 2 N–H and O–H groups in total. The number of anilines is 1. The zero-order valence-corrected chi connectivity index (χ0v) is 17.6. The second-order valence-corrected chi connectivity index (χ2v) is 7.63. The summed E-state index contributed by atoms with van der Waals surface area (Å²) in [6, 6.07) is 5.88. The predicted molar refractivity (Wildman–Crippen MR) is 111 cm³/mol. The van der Waals surface area contributed by atoms with E-state index in [2.05, 4.69) is 20.6 Å². The number of nitrogens with zero attached hydrogens (tertiary/aromatic N) is 4. The molecule has 1 aromatic rings. The number of hydrogen-bond donors (Lipinski definition) is 2. The lowest BCUT2D eigenvalue weighted by Crippen LogP contribution is -2.41. The zero-order valence-electron chi connectivity index (χ0n) is 17.6. The summed E-state index contributed by atoms with van der Waals surface area (Å²) in [6.45, 7) is 4.25. The number of nitrogens with one attached hydrogen (secondary N) is 2. The van der Waals surface area contributed by atoms with E-state index in [1.807, 2.05) is 44.1 Å². The lowest BCUT2D eigenvalue weighted by Gasteiger charge is -2.32. The molecule has 1 aliphatic rings. The summed E-state index contributed by atoms with van der Waals surface area (Å²) in [5, 5.41) is 6.56. The van der Waals surface area contributed by atoms with Gasteiger partial charge in [-0.1, -0.05) is 6.07 Å². The van der Waals surface area contributed by atoms with Crippen LogP contribution in [0.25, 0.3) is 0 Å². The molecule has 0 aliphatic carbocycles. The summed E-state index contributed by atoms with van der Waals surface area (Å²) in [5.41, 5.74) is 0.894. The monoisotopic (exact) mass is 414 g/mol. The van der Waals surface area contributed by atoms with Gasteiger partial charge in [0.15, 0.2) is 5.96 Å². The Bertz CT molecular complexity index is 639. The van der Waals surface area contributed by atoms with Crippen LogP contribution in [0.3, 0.4) is 0 Å². The fourth-order valence-corrected chi connectivity index (χ4v) is 3.39. The van der Waals surface area contributed by atoms with Crippen molar-refractivity contribution in [1.29, 1.82) is 0 Å². The van der Waals surface area contributed by atoms with E-state index in [1.54, 1.807) is 0 Å². The summed E-state index contributed by atoms with van der Waals surface area (Å²) in [6.07, 6.45) is -1.55. The van der Waals surface area contributed by atoms with Gasteiger partial charge in [-0.2, -0.15) is 13.2 Å². The molecule has 0 radical (unpaired) electrons. The van der Waals surface area contributed by atoms with Crippen LogP contribution in [-0.4, -0.2) is 68.8 Å². The molecule has 0 saturated carbocycles. The molecule has 2 heterocycles. The van der Waals surface area contributed by atoms with Crippen LogP contribution in [0.15, 0.2) is 23.2 Å². The van der Waals surface area contributed by atoms with Crippen LogP contribution in [0.2, 0.25) is 0 Å². The molecule has 1 aliphatic heterocycles. The average Bonchev–Trinajstić information content (AvgIpc) is 2.66. The number of hydrogen-bond acceptors (Lipinski definition) is 4. The highest BCUT2D eigenvalue weighted by atomic mass is 19.4. The van der Waals surface area contributed by atoms with Crippen LogP contribution in [0.4, 0.5) is 19.0 Å². The van der Waals surface area contributed by atoms with Crippen molar-refractivity contribution >= 4 is 11.8 Å². The van der Waals surface area contributed by atoms with E-state index >= 15 is 0 Å². The molecule has 2 rings (SSSR count). The molecule has 29 heavy (non-hydrogen) atoms. The molecule has 1 fully saturated rings. The Hall–Kier alpha value is -2.03. The van der Waals surface area contributed by atoms with Gasteiger partial charge in [0.25, 0.3) is 0 Å². The number of alkyl halides is 3. The van der Waals surface area contributed by atoms with E-state index < -0.39 is 12.7 Å². The van der Waals surface area contributed by atoms with Crippen molar-refractivity contribution < 1.29 is 13.2 Å². The summed E-state index contributed by atoms with van der Waals surface area (Å²) >= 11 is 0. The van der Waals surface area contributed by atoms with Crippen LogP contribution >= 0.6 is 0 Å². The Balaban J connectivity index is 1.76. The largest absolute Gasteiger partial charge is 0.401 e. The third kappa shape index (κ3) is 8.89. The quantitative estimate of drug-likeness (QED) is 0.506. The topological polar surface area (TPSA) is 55.8 Å². The Morgan fingerprint density at radius 3 is 2.59 bits per heavy atom.